The van der Waals surface area contributed by atoms with Crippen LogP contribution in [-0.4, -0.2) is 30.8 Å². The molecule has 116 valence electrons. The summed E-state index contributed by atoms with van der Waals surface area (Å²) in [6.07, 6.45) is 0.974. The van der Waals surface area contributed by atoms with Crippen LogP contribution in [0.3, 0.4) is 0 Å². The second kappa shape index (κ2) is 5.59. The Bertz CT molecular complexity index is 667. The van der Waals surface area contributed by atoms with E-state index in [4.69, 9.17) is 9.47 Å². The molecule has 2 rings (SSSR count). The lowest BCUT2D eigenvalue weighted by atomic mass is 10.1. The van der Waals surface area contributed by atoms with Crippen LogP contribution in [0.1, 0.15) is 29.8 Å². The molecule has 0 saturated carbocycles. The molecule has 1 aliphatic rings. The summed E-state index contributed by atoms with van der Waals surface area (Å²) in [6, 6.07) is 3.92. The molecule has 1 aliphatic heterocycles. The van der Waals surface area contributed by atoms with Crippen LogP contribution in [0.15, 0.2) is 23.8 Å². The SMILES string of the molecule is COC(=O)c1cccc(C=C2C(=O)OC(C)(C)OC2=O)c1F. The summed E-state index contributed by atoms with van der Waals surface area (Å²) >= 11 is 0. The van der Waals surface area contributed by atoms with Gasteiger partial charge in [0.25, 0.3) is 5.79 Å². The molecule has 7 heteroatoms. The van der Waals surface area contributed by atoms with Gasteiger partial charge < -0.3 is 14.2 Å². The van der Waals surface area contributed by atoms with Gasteiger partial charge in [-0.25, -0.2) is 18.8 Å². The topological polar surface area (TPSA) is 78.9 Å². The van der Waals surface area contributed by atoms with Crippen molar-refractivity contribution in [2.45, 2.75) is 19.6 Å². The minimum atomic E-state index is -1.38. The van der Waals surface area contributed by atoms with Crippen molar-refractivity contribution in [3.8, 4) is 0 Å². The maximum absolute atomic E-state index is 14.2. The smallest absolute Gasteiger partial charge is 0.348 e. The van der Waals surface area contributed by atoms with Gasteiger partial charge >= 0.3 is 17.9 Å². The number of rotatable bonds is 2. The van der Waals surface area contributed by atoms with Gasteiger partial charge in [-0.2, -0.15) is 0 Å². The first kappa shape index (κ1) is 15.7. The molecule has 0 atom stereocenters. The van der Waals surface area contributed by atoms with Gasteiger partial charge in [-0.05, 0) is 12.1 Å². The van der Waals surface area contributed by atoms with Crippen molar-refractivity contribution in [2.75, 3.05) is 7.11 Å². The number of esters is 3. The lowest BCUT2D eigenvalue weighted by molar-refractivity contribution is -0.222. The van der Waals surface area contributed by atoms with Gasteiger partial charge in [0.2, 0.25) is 0 Å². The van der Waals surface area contributed by atoms with E-state index >= 15 is 0 Å². The van der Waals surface area contributed by atoms with Gasteiger partial charge in [-0.15, -0.1) is 0 Å². The number of ether oxygens (including phenoxy) is 3. The predicted molar refractivity (Wildman–Crippen MR) is 72.0 cm³/mol. The van der Waals surface area contributed by atoms with Crippen molar-refractivity contribution < 1.29 is 33.0 Å². The molecule has 1 aromatic carbocycles. The van der Waals surface area contributed by atoms with E-state index in [-0.39, 0.29) is 11.1 Å². The van der Waals surface area contributed by atoms with Crippen molar-refractivity contribution in [3.05, 3.63) is 40.7 Å². The molecule has 0 bridgehead atoms. The minimum absolute atomic E-state index is 0.133. The van der Waals surface area contributed by atoms with E-state index in [1.165, 1.54) is 32.0 Å². The Balaban J connectivity index is 2.44. The van der Waals surface area contributed by atoms with Crippen molar-refractivity contribution in [2.24, 2.45) is 0 Å². The monoisotopic (exact) mass is 308 g/mol. The summed E-state index contributed by atoms with van der Waals surface area (Å²) in [5, 5.41) is 0. The molecular formula is C15H13FO6. The Labute approximate surface area is 125 Å². The van der Waals surface area contributed by atoms with E-state index in [0.717, 1.165) is 13.2 Å². The van der Waals surface area contributed by atoms with Crippen LogP contribution < -0.4 is 0 Å². The van der Waals surface area contributed by atoms with E-state index in [2.05, 4.69) is 4.74 Å². The average molecular weight is 308 g/mol. The lowest BCUT2D eigenvalue weighted by Gasteiger charge is -2.29. The first-order valence-electron chi connectivity index (χ1n) is 6.30. The maximum atomic E-state index is 14.2. The fourth-order valence-electron chi connectivity index (χ4n) is 1.86. The molecule has 22 heavy (non-hydrogen) atoms. The van der Waals surface area contributed by atoms with E-state index in [9.17, 15) is 18.8 Å². The molecule has 0 amide bonds. The Hall–Kier alpha value is -2.70. The predicted octanol–water partition coefficient (Wildman–Crippen LogP) is 1.83. The first-order chi connectivity index (χ1) is 10.2. The highest BCUT2D eigenvalue weighted by atomic mass is 19.1. The van der Waals surface area contributed by atoms with Gasteiger partial charge in [-0.3, -0.25) is 0 Å². The quantitative estimate of drug-likeness (QED) is 0.471. The summed E-state index contributed by atoms with van der Waals surface area (Å²) < 4.78 is 28.5. The maximum Gasteiger partial charge on any atom is 0.348 e. The molecule has 1 saturated heterocycles. The Morgan fingerprint density at radius 3 is 2.36 bits per heavy atom. The van der Waals surface area contributed by atoms with E-state index in [1.54, 1.807) is 0 Å². The van der Waals surface area contributed by atoms with Crippen molar-refractivity contribution in [3.63, 3.8) is 0 Å². The third kappa shape index (κ3) is 2.98. The van der Waals surface area contributed by atoms with Crippen molar-refractivity contribution in [1.29, 1.82) is 0 Å². The largest absolute Gasteiger partial charge is 0.465 e. The second-order valence-electron chi connectivity index (χ2n) is 4.94. The van der Waals surface area contributed by atoms with Crippen LogP contribution in [0.2, 0.25) is 0 Å². The number of carbonyl (C=O) groups excluding carboxylic acids is 3. The highest BCUT2D eigenvalue weighted by molar-refractivity contribution is 6.19. The number of methoxy groups -OCH3 is 1. The van der Waals surface area contributed by atoms with Crippen molar-refractivity contribution in [1.82, 2.24) is 0 Å². The molecular weight excluding hydrogens is 295 g/mol. The van der Waals surface area contributed by atoms with Crippen molar-refractivity contribution >= 4 is 24.0 Å². The van der Waals surface area contributed by atoms with Gasteiger partial charge in [0.1, 0.15) is 11.4 Å². The average Bonchev–Trinajstić information content (AvgIpc) is 2.42. The zero-order chi connectivity index (χ0) is 16.5. The highest BCUT2D eigenvalue weighted by Gasteiger charge is 2.39. The number of hydrogen-bond acceptors (Lipinski definition) is 6. The van der Waals surface area contributed by atoms with E-state index in [1.807, 2.05) is 0 Å². The molecule has 0 aromatic heterocycles. The van der Waals surface area contributed by atoms with Crippen LogP contribution in [0, 0.1) is 5.82 Å². The standard InChI is InChI=1S/C15H13FO6/c1-15(2)21-13(18)10(14(19)22-15)7-8-5-4-6-9(11(8)16)12(17)20-3/h4-7H,1-3H3. The number of benzene rings is 1. The molecule has 0 spiro atoms. The Morgan fingerprint density at radius 2 is 1.82 bits per heavy atom. The van der Waals surface area contributed by atoms with Crippen LogP contribution in [0.25, 0.3) is 6.08 Å². The highest BCUT2D eigenvalue weighted by Crippen LogP contribution is 2.25. The fourth-order valence-corrected chi connectivity index (χ4v) is 1.86. The van der Waals surface area contributed by atoms with E-state index < -0.39 is 35.1 Å². The fraction of sp³-hybridized carbons (Fsp3) is 0.267. The molecule has 6 nitrogen and oxygen atoms in total. The summed E-state index contributed by atoms with van der Waals surface area (Å²) in [4.78, 5) is 35.0. The number of halogens is 1. The zero-order valence-corrected chi connectivity index (χ0v) is 12.1. The lowest BCUT2D eigenvalue weighted by Crippen LogP contribution is -2.41. The van der Waals surface area contributed by atoms with Gasteiger partial charge in [-0.1, -0.05) is 12.1 Å². The summed E-state index contributed by atoms with van der Waals surface area (Å²) in [6.45, 7) is 2.80. The third-order valence-electron chi connectivity index (χ3n) is 2.85. The summed E-state index contributed by atoms with van der Waals surface area (Å²) in [7, 11) is 1.12. The number of cyclic esters (lactones) is 2. The zero-order valence-electron chi connectivity index (χ0n) is 12.1. The Morgan fingerprint density at radius 1 is 1.23 bits per heavy atom. The molecule has 0 N–H and O–H groups in total. The molecule has 1 fully saturated rings. The first-order valence-corrected chi connectivity index (χ1v) is 6.30. The van der Waals surface area contributed by atoms with Gasteiger partial charge in [0.05, 0.1) is 12.7 Å². The van der Waals surface area contributed by atoms with Gasteiger partial charge in [0.15, 0.2) is 0 Å². The van der Waals surface area contributed by atoms with Crippen LogP contribution in [-0.2, 0) is 23.8 Å². The number of hydrogen-bond donors (Lipinski definition) is 0. The summed E-state index contributed by atoms with van der Waals surface area (Å²) in [5.41, 5.74) is -0.901. The second-order valence-corrected chi connectivity index (χ2v) is 4.94. The number of carbonyl (C=O) groups is 3. The normalized spacial score (nSPS) is 16.6. The minimum Gasteiger partial charge on any atom is -0.465 e. The molecule has 1 heterocycles. The summed E-state index contributed by atoms with van der Waals surface area (Å²) in [5.74, 6) is -5.01. The molecule has 0 aliphatic carbocycles. The molecule has 1 aromatic rings. The molecule has 0 radical (unpaired) electrons. The van der Waals surface area contributed by atoms with Crippen LogP contribution >= 0.6 is 0 Å². The molecule has 0 unspecified atom stereocenters. The third-order valence-corrected chi connectivity index (χ3v) is 2.85. The van der Waals surface area contributed by atoms with E-state index in [0.29, 0.717) is 0 Å². The van der Waals surface area contributed by atoms with Crippen LogP contribution in [0.5, 0.6) is 0 Å². The van der Waals surface area contributed by atoms with Gasteiger partial charge in [0, 0.05) is 19.4 Å². The van der Waals surface area contributed by atoms with Crippen LogP contribution in [0.4, 0.5) is 4.39 Å². The Kier molecular flexibility index (Phi) is 3.99.